The molecular weight excluding hydrogens is 390 g/mol. The Morgan fingerprint density at radius 2 is 1.93 bits per heavy atom. The first kappa shape index (κ1) is 22.0. The topological polar surface area (TPSA) is 112 Å². The molecule has 0 bridgehead atoms. The maximum absolute atomic E-state index is 12.9. The number of rotatable bonds is 4. The van der Waals surface area contributed by atoms with Gasteiger partial charge in [-0.3, -0.25) is 14.5 Å². The molecule has 9 nitrogen and oxygen atoms in total. The van der Waals surface area contributed by atoms with Gasteiger partial charge in [-0.25, -0.2) is 0 Å². The number of ether oxygens (including phenoxy) is 2. The highest BCUT2D eigenvalue weighted by Crippen LogP contribution is 2.39. The second-order valence-electron chi connectivity index (χ2n) is 9.58. The van der Waals surface area contributed by atoms with Crippen LogP contribution in [0.5, 0.6) is 5.75 Å². The molecule has 0 radical (unpaired) electrons. The lowest BCUT2D eigenvalue weighted by molar-refractivity contribution is -0.389. The van der Waals surface area contributed by atoms with E-state index in [0.29, 0.717) is 5.92 Å². The normalized spacial score (nSPS) is 23.4. The van der Waals surface area contributed by atoms with Crippen LogP contribution in [0.4, 0.5) is 11.6 Å². The van der Waals surface area contributed by atoms with Crippen molar-refractivity contribution in [3.8, 4) is 5.75 Å². The molecule has 30 heavy (non-hydrogen) atoms. The largest absolute Gasteiger partial charge is 0.472 e. The second-order valence-corrected chi connectivity index (χ2v) is 9.58. The van der Waals surface area contributed by atoms with Crippen molar-refractivity contribution in [1.29, 1.82) is 0 Å². The maximum atomic E-state index is 12.9. The Morgan fingerprint density at radius 1 is 1.30 bits per heavy atom. The van der Waals surface area contributed by atoms with Gasteiger partial charge in [-0.1, -0.05) is 20.8 Å². The molecule has 1 aromatic heterocycles. The van der Waals surface area contributed by atoms with Gasteiger partial charge < -0.3 is 19.6 Å². The van der Waals surface area contributed by atoms with Crippen LogP contribution in [0.15, 0.2) is 12.1 Å². The molecule has 164 valence electrons. The minimum Gasteiger partial charge on any atom is -0.472 e. The quantitative estimate of drug-likeness (QED) is 0.416. The highest BCUT2D eigenvalue weighted by molar-refractivity contribution is 6.04. The Bertz CT molecular complexity index is 853. The van der Waals surface area contributed by atoms with Crippen molar-refractivity contribution in [2.45, 2.75) is 72.0 Å². The fourth-order valence-corrected chi connectivity index (χ4v) is 4.09. The zero-order valence-electron chi connectivity index (χ0n) is 18.1. The van der Waals surface area contributed by atoms with E-state index in [-0.39, 0.29) is 29.6 Å². The summed E-state index contributed by atoms with van der Waals surface area (Å²) < 4.78 is 11.3. The number of pyridine rings is 1. The number of nitro groups is 1. The number of aromatic nitrogens is 1. The molecule has 0 atom stereocenters. The van der Waals surface area contributed by atoms with Gasteiger partial charge in [0.25, 0.3) is 11.7 Å². The first-order valence-corrected chi connectivity index (χ1v) is 10.2. The van der Waals surface area contributed by atoms with Gasteiger partial charge in [0.1, 0.15) is 12.6 Å². The number of esters is 1. The molecule has 1 fully saturated rings. The molecule has 2 aliphatic rings. The van der Waals surface area contributed by atoms with Crippen molar-refractivity contribution >= 4 is 23.5 Å². The lowest BCUT2D eigenvalue weighted by Crippen LogP contribution is -2.54. The van der Waals surface area contributed by atoms with Crippen LogP contribution in [-0.2, 0) is 14.3 Å². The Hall–Kier alpha value is -2.71. The van der Waals surface area contributed by atoms with Crippen molar-refractivity contribution in [2.24, 2.45) is 11.3 Å². The van der Waals surface area contributed by atoms with Gasteiger partial charge in [0, 0.05) is 6.07 Å². The molecule has 1 amide bonds. The molecule has 1 aromatic rings. The van der Waals surface area contributed by atoms with E-state index in [9.17, 15) is 19.7 Å². The molecule has 1 saturated carbocycles. The van der Waals surface area contributed by atoms with Crippen LogP contribution >= 0.6 is 0 Å². The van der Waals surface area contributed by atoms with Gasteiger partial charge in [-0.15, -0.1) is 0 Å². The monoisotopic (exact) mass is 419 g/mol. The lowest BCUT2D eigenvalue weighted by atomic mass is 9.72. The first-order valence-electron chi connectivity index (χ1n) is 10.2. The van der Waals surface area contributed by atoms with Crippen LogP contribution in [0.25, 0.3) is 0 Å². The predicted octanol–water partition coefficient (Wildman–Crippen LogP) is 3.64. The molecule has 0 spiro atoms. The van der Waals surface area contributed by atoms with Gasteiger partial charge in [0.15, 0.2) is 11.4 Å². The number of hydrogen-bond donors (Lipinski definition) is 0. The van der Waals surface area contributed by atoms with Crippen LogP contribution in [0.1, 0.15) is 60.3 Å². The van der Waals surface area contributed by atoms with Gasteiger partial charge in [0.05, 0.1) is 0 Å². The summed E-state index contributed by atoms with van der Waals surface area (Å²) in [5, 5.41) is 11.1. The molecule has 2 heterocycles. The lowest BCUT2D eigenvalue weighted by Gasteiger charge is -2.37. The summed E-state index contributed by atoms with van der Waals surface area (Å²) in [4.78, 5) is 41.0. The average molecular weight is 419 g/mol. The van der Waals surface area contributed by atoms with E-state index in [1.807, 2.05) is 0 Å². The van der Waals surface area contributed by atoms with Crippen molar-refractivity contribution in [2.75, 3.05) is 11.4 Å². The molecule has 3 rings (SSSR count). The third kappa shape index (κ3) is 4.55. The van der Waals surface area contributed by atoms with Crippen LogP contribution in [0.2, 0.25) is 0 Å². The Morgan fingerprint density at radius 3 is 2.50 bits per heavy atom. The summed E-state index contributed by atoms with van der Waals surface area (Å²) in [5.41, 5.74) is -0.999. The third-order valence-electron chi connectivity index (χ3n) is 5.88. The standard InChI is InChI=1S/C21H29N3O6/c1-20(2,3)13-6-8-14(9-7-13)29-17(25)12-23-18-15(30-21(4,5)19(23)26)10-11-16(22-18)24(27)28/h10-11,13-14H,6-9,12H2,1-5H3. The van der Waals surface area contributed by atoms with E-state index < -0.39 is 28.2 Å². The van der Waals surface area contributed by atoms with Crippen LogP contribution < -0.4 is 9.64 Å². The van der Waals surface area contributed by atoms with Gasteiger partial charge in [-0.2, -0.15) is 0 Å². The highest BCUT2D eigenvalue weighted by atomic mass is 16.6. The Labute approximate surface area is 175 Å². The van der Waals surface area contributed by atoms with E-state index in [1.54, 1.807) is 13.8 Å². The smallest absolute Gasteiger partial charge is 0.366 e. The fraction of sp³-hybridized carbons (Fsp3) is 0.667. The summed E-state index contributed by atoms with van der Waals surface area (Å²) in [7, 11) is 0. The van der Waals surface area contributed by atoms with Crippen molar-refractivity contribution < 1.29 is 24.0 Å². The van der Waals surface area contributed by atoms with E-state index in [1.165, 1.54) is 12.1 Å². The number of anilines is 1. The van der Waals surface area contributed by atoms with Gasteiger partial charge in [0.2, 0.25) is 0 Å². The molecule has 0 saturated heterocycles. The number of carbonyl (C=O) groups is 2. The van der Waals surface area contributed by atoms with E-state index in [2.05, 4.69) is 25.8 Å². The van der Waals surface area contributed by atoms with Crippen molar-refractivity contribution in [3.63, 3.8) is 0 Å². The Balaban J connectivity index is 1.72. The van der Waals surface area contributed by atoms with E-state index in [4.69, 9.17) is 9.47 Å². The Kier molecular flexibility index (Phi) is 5.75. The van der Waals surface area contributed by atoms with Gasteiger partial charge in [-0.05, 0) is 66.8 Å². The number of fused-ring (bicyclic) bond motifs is 1. The molecule has 9 heteroatoms. The molecule has 1 aliphatic heterocycles. The summed E-state index contributed by atoms with van der Waals surface area (Å²) in [6, 6.07) is 2.59. The summed E-state index contributed by atoms with van der Waals surface area (Å²) in [5.74, 6) is -0.726. The molecule has 0 N–H and O–H groups in total. The zero-order valence-corrected chi connectivity index (χ0v) is 18.1. The molecule has 1 aliphatic carbocycles. The van der Waals surface area contributed by atoms with E-state index >= 15 is 0 Å². The number of hydrogen-bond acceptors (Lipinski definition) is 7. The van der Waals surface area contributed by atoms with Crippen molar-refractivity contribution in [1.82, 2.24) is 4.98 Å². The number of nitrogens with zero attached hydrogens (tertiary/aromatic N) is 3. The van der Waals surface area contributed by atoms with E-state index in [0.717, 1.165) is 30.6 Å². The van der Waals surface area contributed by atoms with Crippen LogP contribution in [-0.4, -0.2) is 40.0 Å². The molecular formula is C21H29N3O6. The van der Waals surface area contributed by atoms with Crippen molar-refractivity contribution in [3.05, 3.63) is 22.2 Å². The number of amides is 1. The molecule has 0 unspecified atom stereocenters. The van der Waals surface area contributed by atoms with Gasteiger partial charge >= 0.3 is 11.8 Å². The third-order valence-corrected chi connectivity index (χ3v) is 5.88. The minimum absolute atomic E-state index is 0.0399. The SMILES string of the molecule is CC1(C)Oc2ccc([N+](=O)[O-])nc2N(CC(=O)OC2CCC(C(C)(C)C)CC2)C1=O. The maximum Gasteiger partial charge on any atom is 0.366 e. The average Bonchev–Trinajstić information content (AvgIpc) is 2.64. The number of carbonyl (C=O) groups excluding carboxylic acids is 2. The predicted molar refractivity (Wildman–Crippen MR) is 109 cm³/mol. The summed E-state index contributed by atoms with van der Waals surface area (Å²) in [6.07, 6.45) is 3.37. The van der Waals surface area contributed by atoms with Crippen LogP contribution in [0, 0.1) is 21.4 Å². The summed E-state index contributed by atoms with van der Waals surface area (Å²) >= 11 is 0. The molecule has 0 aromatic carbocycles. The minimum atomic E-state index is -1.23. The summed E-state index contributed by atoms with van der Waals surface area (Å²) in [6.45, 7) is 9.45. The fourth-order valence-electron chi connectivity index (χ4n) is 4.09. The van der Waals surface area contributed by atoms with Crippen LogP contribution in [0.3, 0.4) is 0 Å². The first-order chi connectivity index (χ1) is 13.9. The highest BCUT2D eigenvalue weighted by Gasteiger charge is 2.45. The second kappa shape index (κ2) is 7.85. The zero-order chi connectivity index (χ0) is 22.3.